The van der Waals surface area contributed by atoms with Crippen LogP contribution in [-0.2, 0) is 4.74 Å². The number of carbonyl (C=O) groups excluding carboxylic acids is 3. The molecule has 1 amide bonds. The summed E-state index contributed by atoms with van der Waals surface area (Å²) in [5, 5.41) is 3.34. The fourth-order valence-electron chi connectivity index (χ4n) is 2.97. The first-order chi connectivity index (χ1) is 14.7. The number of carbonyl (C=O) groups is 3. The van der Waals surface area contributed by atoms with Crippen LogP contribution in [0.15, 0.2) is 34.9 Å². The zero-order valence-electron chi connectivity index (χ0n) is 17.0. The second-order valence-corrected chi connectivity index (χ2v) is 6.90. The Bertz CT molecular complexity index is 1170. The van der Waals surface area contributed by atoms with E-state index in [0.717, 1.165) is 0 Å². The maximum absolute atomic E-state index is 12.4. The normalized spacial score (nSPS) is 10.6. The van der Waals surface area contributed by atoms with E-state index in [0.29, 0.717) is 10.6 Å². The number of hydrogen-bond acceptors (Lipinski definition) is 8. The molecular formula is C21H19ClN4O5. The number of benzene rings is 1. The van der Waals surface area contributed by atoms with Gasteiger partial charge in [0.15, 0.2) is 17.4 Å². The van der Waals surface area contributed by atoms with Gasteiger partial charge in [-0.15, -0.1) is 0 Å². The Kier molecular flexibility index (Phi) is 6.36. The van der Waals surface area contributed by atoms with Gasteiger partial charge in [0, 0.05) is 16.8 Å². The van der Waals surface area contributed by atoms with Crippen LogP contribution in [0.1, 0.15) is 50.7 Å². The molecular weight excluding hydrogens is 424 g/mol. The lowest BCUT2D eigenvalue weighted by Crippen LogP contribution is -2.17. The molecule has 0 saturated heterocycles. The summed E-state index contributed by atoms with van der Waals surface area (Å²) in [4.78, 5) is 45.0. The van der Waals surface area contributed by atoms with Crippen LogP contribution < -0.4 is 11.1 Å². The van der Waals surface area contributed by atoms with Crippen molar-refractivity contribution in [1.29, 1.82) is 0 Å². The van der Waals surface area contributed by atoms with Crippen LogP contribution in [0.25, 0.3) is 11.4 Å². The second kappa shape index (κ2) is 8.97. The molecule has 0 fully saturated rings. The van der Waals surface area contributed by atoms with Gasteiger partial charge in [-0.2, -0.15) is 0 Å². The molecule has 0 aliphatic carbocycles. The number of primary amides is 1. The summed E-state index contributed by atoms with van der Waals surface area (Å²) in [6.07, 6.45) is 1.29. The van der Waals surface area contributed by atoms with Gasteiger partial charge in [-0.25, -0.2) is 14.8 Å². The zero-order chi connectivity index (χ0) is 22.7. The highest BCUT2D eigenvalue weighted by Gasteiger charge is 2.27. The van der Waals surface area contributed by atoms with Crippen molar-refractivity contribution in [3.8, 4) is 11.4 Å². The Balaban J connectivity index is 2.14. The number of amides is 1. The van der Waals surface area contributed by atoms with Gasteiger partial charge in [-0.3, -0.25) is 9.59 Å². The Labute approximate surface area is 182 Å². The summed E-state index contributed by atoms with van der Waals surface area (Å²) >= 11 is 5.93. The number of esters is 1. The van der Waals surface area contributed by atoms with Gasteiger partial charge < -0.3 is 20.2 Å². The third-order valence-corrected chi connectivity index (χ3v) is 4.55. The standard InChI is InChI=1S/C21H19ClN4O5/c1-4-30-21(29)14-9-24-18(12-5-7-13(22)8-6-12)25-19(14)26-20-16(17(23)28)15(10(2)27)11(3)31-20/h5-9H,4H2,1-3H3,(H2,23,28)(H,24,25,26). The van der Waals surface area contributed by atoms with Crippen molar-refractivity contribution in [2.24, 2.45) is 5.73 Å². The summed E-state index contributed by atoms with van der Waals surface area (Å²) in [7, 11) is 0. The molecule has 31 heavy (non-hydrogen) atoms. The van der Waals surface area contributed by atoms with Gasteiger partial charge in [-0.05, 0) is 45.0 Å². The van der Waals surface area contributed by atoms with Gasteiger partial charge in [0.1, 0.15) is 16.9 Å². The van der Waals surface area contributed by atoms with Crippen molar-refractivity contribution >= 4 is 41.0 Å². The first-order valence-corrected chi connectivity index (χ1v) is 9.62. The summed E-state index contributed by atoms with van der Waals surface area (Å²) in [5.74, 6) is -1.54. The first-order valence-electron chi connectivity index (χ1n) is 9.24. The third kappa shape index (κ3) is 4.56. The van der Waals surface area contributed by atoms with E-state index < -0.39 is 17.7 Å². The van der Waals surface area contributed by atoms with E-state index in [1.165, 1.54) is 20.0 Å². The van der Waals surface area contributed by atoms with Crippen molar-refractivity contribution in [1.82, 2.24) is 9.97 Å². The van der Waals surface area contributed by atoms with E-state index in [9.17, 15) is 14.4 Å². The van der Waals surface area contributed by atoms with Crippen LogP contribution in [0, 0.1) is 6.92 Å². The van der Waals surface area contributed by atoms with Gasteiger partial charge in [-0.1, -0.05) is 11.6 Å². The molecule has 3 aromatic rings. The lowest BCUT2D eigenvalue weighted by atomic mass is 10.1. The van der Waals surface area contributed by atoms with Gasteiger partial charge >= 0.3 is 5.97 Å². The lowest BCUT2D eigenvalue weighted by Gasteiger charge is -2.11. The minimum Gasteiger partial charge on any atom is -0.462 e. The minimum absolute atomic E-state index is 0.00779. The quantitative estimate of drug-likeness (QED) is 0.414. The molecule has 2 heterocycles. The molecule has 0 unspecified atom stereocenters. The number of aromatic nitrogens is 2. The SMILES string of the molecule is CCOC(=O)c1cnc(-c2ccc(Cl)cc2)nc1Nc1oc(C)c(C(C)=O)c1C(N)=O. The number of ether oxygens (including phenoxy) is 1. The van der Waals surface area contributed by atoms with Crippen LogP contribution in [0.5, 0.6) is 0 Å². The average molecular weight is 443 g/mol. The number of halogens is 1. The van der Waals surface area contributed by atoms with Crippen molar-refractivity contribution in [2.45, 2.75) is 20.8 Å². The van der Waals surface area contributed by atoms with Gasteiger partial charge in [0.2, 0.25) is 5.88 Å². The molecule has 0 aliphatic rings. The topological polar surface area (TPSA) is 137 Å². The molecule has 3 N–H and O–H groups in total. The lowest BCUT2D eigenvalue weighted by molar-refractivity contribution is 0.0526. The molecule has 0 saturated carbocycles. The molecule has 3 rings (SSSR count). The Hall–Kier alpha value is -3.72. The summed E-state index contributed by atoms with van der Waals surface area (Å²) in [6.45, 7) is 4.62. The van der Waals surface area contributed by atoms with Gasteiger partial charge in [0.25, 0.3) is 5.91 Å². The molecule has 10 heteroatoms. The molecule has 160 valence electrons. The number of Topliss-reactive ketones (excluding diaryl/α,β-unsaturated/α-hetero) is 1. The third-order valence-electron chi connectivity index (χ3n) is 4.30. The maximum Gasteiger partial charge on any atom is 0.343 e. The molecule has 0 bridgehead atoms. The number of nitrogens with two attached hydrogens (primary N) is 1. The van der Waals surface area contributed by atoms with E-state index in [4.69, 9.17) is 26.5 Å². The van der Waals surface area contributed by atoms with Crippen LogP contribution in [0.2, 0.25) is 5.02 Å². The number of anilines is 2. The van der Waals surface area contributed by atoms with E-state index in [-0.39, 0.29) is 46.6 Å². The average Bonchev–Trinajstić information content (AvgIpc) is 3.05. The highest BCUT2D eigenvalue weighted by atomic mass is 35.5. The molecule has 1 aromatic carbocycles. The number of hydrogen-bond donors (Lipinski definition) is 2. The Morgan fingerprint density at radius 3 is 2.45 bits per heavy atom. The zero-order valence-corrected chi connectivity index (χ0v) is 17.7. The van der Waals surface area contributed by atoms with E-state index >= 15 is 0 Å². The molecule has 0 atom stereocenters. The first kappa shape index (κ1) is 22.0. The number of ketones is 1. The van der Waals surface area contributed by atoms with E-state index in [2.05, 4.69) is 15.3 Å². The Morgan fingerprint density at radius 2 is 1.87 bits per heavy atom. The van der Waals surface area contributed by atoms with Crippen molar-refractivity contribution in [3.05, 3.63) is 57.9 Å². The van der Waals surface area contributed by atoms with E-state index in [1.54, 1.807) is 31.2 Å². The van der Waals surface area contributed by atoms with Crippen LogP contribution in [0.4, 0.5) is 11.7 Å². The van der Waals surface area contributed by atoms with Gasteiger partial charge in [0.05, 0.1) is 12.2 Å². The number of nitrogens with zero attached hydrogens (tertiary/aromatic N) is 2. The summed E-state index contributed by atoms with van der Waals surface area (Å²) in [5.41, 5.74) is 6.04. The summed E-state index contributed by atoms with van der Waals surface area (Å²) in [6, 6.07) is 6.77. The smallest absolute Gasteiger partial charge is 0.343 e. The van der Waals surface area contributed by atoms with Crippen molar-refractivity contribution < 1.29 is 23.5 Å². The highest BCUT2D eigenvalue weighted by Crippen LogP contribution is 2.31. The Morgan fingerprint density at radius 1 is 1.19 bits per heavy atom. The van der Waals surface area contributed by atoms with Crippen molar-refractivity contribution in [2.75, 3.05) is 11.9 Å². The number of rotatable bonds is 7. The molecule has 0 aliphatic heterocycles. The van der Waals surface area contributed by atoms with Crippen LogP contribution in [-0.4, -0.2) is 34.2 Å². The number of aryl methyl sites for hydroxylation is 1. The monoisotopic (exact) mass is 442 g/mol. The van der Waals surface area contributed by atoms with Crippen LogP contribution >= 0.6 is 11.6 Å². The molecule has 2 aromatic heterocycles. The number of furan rings is 1. The maximum atomic E-state index is 12.4. The fourth-order valence-corrected chi connectivity index (χ4v) is 3.10. The van der Waals surface area contributed by atoms with Crippen molar-refractivity contribution in [3.63, 3.8) is 0 Å². The van der Waals surface area contributed by atoms with E-state index in [1.807, 2.05) is 0 Å². The molecule has 0 spiro atoms. The largest absolute Gasteiger partial charge is 0.462 e. The number of nitrogens with one attached hydrogen (secondary N) is 1. The molecule has 9 nitrogen and oxygen atoms in total. The molecule has 0 radical (unpaired) electrons. The predicted octanol–water partition coefficient (Wildman–Crippen LogP) is 3.92. The van der Waals surface area contributed by atoms with Crippen LogP contribution in [0.3, 0.4) is 0 Å². The highest BCUT2D eigenvalue weighted by molar-refractivity contribution is 6.30. The summed E-state index contributed by atoms with van der Waals surface area (Å²) < 4.78 is 10.6. The second-order valence-electron chi connectivity index (χ2n) is 6.47. The minimum atomic E-state index is -0.866. The fraction of sp³-hybridized carbons (Fsp3) is 0.190. The predicted molar refractivity (Wildman–Crippen MR) is 114 cm³/mol.